The van der Waals surface area contributed by atoms with Crippen LogP contribution < -0.4 is 0 Å². The summed E-state index contributed by atoms with van der Waals surface area (Å²) in [5.74, 6) is 0. The largest absolute Gasteiger partial charge is 0.319 e. The van der Waals surface area contributed by atoms with Gasteiger partial charge in [-0.1, -0.05) is 6.92 Å². The third-order valence-corrected chi connectivity index (χ3v) is 2.52. The van der Waals surface area contributed by atoms with E-state index in [4.69, 9.17) is 0 Å². The molecule has 0 aliphatic heterocycles. The molecule has 0 radical (unpaired) electrons. The van der Waals surface area contributed by atoms with Crippen LogP contribution in [0.25, 0.3) is 5.52 Å². The molecule has 2 aromatic rings. The number of fused-ring (bicyclic) bond motifs is 1. The first-order valence-electron chi connectivity index (χ1n) is 4.34. The number of nitrogens with zero attached hydrogens (tertiary/aromatic N) is 2. The van der Waals surface area contributed by atoms with Crippen LogP contribution in [0.4, 0.5) is 0 Å². The van der Waals surface area contributed by atoms with Gasteiger partial charge in [-0.05, 0) is 35.3 Å². The molecular formula is C10H11BrN2. The molecule has 2 heterocycles. The van der Waals surface area contributed by atoms with Gasteiger partial charge in [-0.3, -0.25) is 4.98 Å². The van der Waals surface area contributed by atoms with E-state index >= 15 is 0 Å². The fourth-order valence-electron chi connectivity index (χ4n) is 1.54. The average molecular weight is 239 g/mol. The highest BCUT2D eigenvalue weighted by Crippen LogP contribution is 2.18. The molecule has 2 nitrogen and oxygen atoms in total. The zero-order valence-electron chi connectivity index (χ0n) is 7.71. The normalized spacial score (nSPS) is 11.0. The lowest BCUT2D eigenvalue weighted by atomic mass is 10.3. The maximum atomic E-state index is 4.49. The molecule has 3 heteroatoms. The molecule has 0 atom stereocenters. The summed E-state index contributed by atoms with van der Waals surface area (Å²) in [6.45, 7) is 4.15. The van der Waals surface area contributed by atoms with Crippen LogP contribution in [0, 0.1) is 6.92 Å². The lowest BCUT2D eigenvalue weighted by molar-refractivity contribution is 0.971. The third-order valence-electron chi connectivity index (χ3n) is 2.08. The first-order valence-corrected chi connectivity index (χ1v) is 5.13. The predicted molar refractivity (Wildman–Crippen MR) is 57.0 cm³/mol. The summed E-state index contributed by atoms with van der Waals surface area (Å²) in [5.41, 5.74) is 3.41. The van der Waals surface area contributed by atoms with Crippen LogP contribution in [0.15, 0.2) is 22.9 Å². The Kier molecular flexibility index (Phi) is 2.12. The van der Waals surface area contributed by atoms with Crippen LogP contribution in [0.1, 0.15) is 18.3 Å². The molecule has 0 saturated carbocycles. The minimum atomic E-state index is 0.974. The zero-order chi connectivity index (χ0) is 9.42. The maximum absolute atomic E-state index is 4.49. The first-order chi connectivity index (χ1) is 6.20. The Balaban J connectivity index is 2.80. The van der Waals surface area contributed by atoms with Crippen molar-refractivity contribution in [1.82, 2.24) is 9.38 Å². The molecule has 0 aliphatic carbocycles. The highest BCUT2D eigenvalue weighted by molar-refractivity contribution is 9.10. The molecule has 2 aromatic heterocycles. The van der Waals surface area contributed by atoms with Crippen molar-refractivity contribution in [3.63, 3.8) is 0 Å². The van der Waals surface area contributed by atoms with Gasteiger partial charge < -0.3 is 4.40 Å². The van der Waals surface area contributed by atoms with E-state index in [1.807, 2.05) is 13.1 Å². The van der Waals surface area contributed by atoms with Crippen molar-refractivity contribution in [2.75, 3.05) is 0 Å². The topological polar surface area (TPSA) is 17.3 Å². The van der Waals surface area contributed by atoms with Gasteiger partial charge in [0.2, 0.25) is 0 Å². The van der Waals surface area contributed by atoms with Gasteiger partial charge in [0.05, 0.1) is 16.9 Å². The van der Waals surface area contributed by atoms with Crippen LogP contribution in [0.3, 0.4) is 0 Å². The van der Waals surface area contributed by atoms with Crippen molar-refractivity contribution in [1.29, 1.82) is 0 Å². The van der Waals surface area contributed by atoms with Crippen LogP contribution in [0.2, 0.25) is 0 Å². The average Bonchev–Trinajstić information content (AvgIpc) is 2.43. The van der Waals surface area contributed by atoms with E-state index in [1.54, 1.807) is 0 Å². The molecule has 0 unspecified atom stereocenters. The molecule has 0 aromatic carbocycles. The van der Waals surface area contributed by atoms with E-state index in [9.17, 15) is 0 Å². The number of hydrogen-bond acceptors (Lipinski definition) is 1. The summed E-state index contributed by atoms with van der Waals surface area (Å²) in [4.78, 5) is 4.49. The summed E-state index contributed by atoms with van der Waals surface area (Å²) in [5, 5.41) is 0. The lowest BCUT2D eigenvalue weighted by Gasteiger charge is -2.02. The molecule has 2 rings (SSSR count). The third kappa shape index (κ3) is 1.48. The van der Waals surface area contributed by atoms with E-state index in [-0.39, 0.29) is 0 Å². The maximum Gasteiger partial charge on any atom is 0.0678 e. The predicted octanol–water partition coefficient (Wildman–Crippen LogP) is 2.97. The van der Waals surface area contributed by atoms with Gasteiger partial charge in [0, 0.05) is 16.9 Å². The summed E-state index contributed by atoms with van der Waals surface area (Å²) in [6.07, 6.45) is 5.07. The van der Waals surface area contributed by atoms with Gasteiger partial charge in [-0.2, -0.15) is 0 Å². The van der Waals surface area contributed by atoms with Gasteiger partial charge in [0.25, 0.3) is 0 Å². The van der Waals surface area contributed by atoms with Gasteiger partial charge in [-0.25, -0.2) is 0 Å². The van der Waals surface area contributed by atoms with Gasteiger partial charge in [0.15, 0.2) is 0 Å². The van der Waals surface area contributed by atoms with E-state index in [2.05, 4.69) is 44.5 Å². The second-order valence-electron chi connectivity index (χ2n) is 3.13. The van der Waals surface area contributed by atoms with Crippen molar-refractivity contribution in [3.05, 3.63) is 34.3 Å². The zero-order valence-corrected chi connectivity index (χ0v) is 9.30. The molecule has 0 saturated heterocycles. The number of halogens is 1. The molecule has 0 spiro atoms. The number of aryl methyl sites for hydroxylation is 2. The van der Waals surface area contributed by atoms with E-state index in [0.717, 1.165) is 22.3 Å². The van der Waals surface area contributed by atoms with Crippen LogP contribution in [0.5, 0.6) is 0 Å². The Morgan fingerprint density at radius 3 is 2.92 bits per heavy atom. The fraction of sp³-hybridized carbons (Fsp3) is 0.300. The minimum absolute atomic E-state index is 0.974. The fourth-order valence-corrected chi connectivity index (χ4v) is 1.98. The Bertz CT molecular complexity index is 445. The quantitative estimate of drug-likeness (QED) is 0.747. The van der Waals surface area contributed by atoms with Crippen molar-refractivity contribution in [2.45, 2.75) is 20.3 Å². The second kappa shape index (κ2) is 3.14. The molecule has 68 valence electrons. The highest BCUT2D eigenvalue weighted by Gasteiger charge is 2.03. The van der Waals surface area contributed by atoms with Gasteiger partial charge >= 0.3 is 0 Å². The van der Waals surface area contributed by atoms with Gasteiger partial charge in [-0.15, -0.1) is 0 Å². The minimum Gasteiger partial charge on any atom is -0.319 e. The molecule has 0 bridgehead atoms. The molecule has 0 amide bonds. The number of rotatable bonds is 1. The summed E-state index contributed by atoms with van der Waals surface area (Å²) in [6, 6.07) is 2.10. The SMILES string of the molecule is CCc1nc(C)cn2cc(Br)cc12. The summed E-state index contributed by atoms with van der Waals surface area (Å²) in [7, 11) is 0. The highest BCUT2D eigenvalue weighted by atomic mass is 79.9. The van der Waals surface area contributed by atoms with E-state index < -0.39 is 0 Å². The van der Waals surface area contributed by atoms with Crippen molar-refractivity contribution in [2.24, 2.45) is 0 Å². The number of aromatic nitrogens is 2. The van der Waals surface area contributed by atoms with Crippen LogP contribution in [-0.4, -0.2) is 9.38 Å². The number of hydrogen-bond donors (Lipinski definition) is 0. The first kappa shape index (κ1) is 8.75. The molecule has 0 fully saturated rings. The second-order valence-corrected chi connectivity index (χ2v) is 4.05. The smallest absolute Gasteiger partial charge is 0.0678 e. The lowest BCUT2D eigenvalue weighted by Crippen LogP contribution is -1.95. The Morgan fingerprint density at radius 1 is 1.46 bits per heavy atom. The summed E-state index contributed by atoms with van der Waals surface area (Å²) >= 11 is 3.46. The van der Waals surface area contributed by atoms with Gasteiger partial charge in [0.1, 0.15) is 0 Å². The van der Waals surface area contributed by atoms with Crippen LogP contribution in [-0.2, 0) is 6.42 Å². The Hall–Kier alpha value is -0.830. The molecular weight excluding hydrogens is 228 g/mol. The Morgan fingerprint density at radius 2 is 2.23 bits per heavy atom. The summed E-state index contributed by atoms with van der Waals surface area (Å²) < 4.78 is 3.22. The van der Waals surface area contributed by atoms with E-state index in [0.29, 0.717) is 0 Å². The van der Waals surface area contributed by atoms with E-state index in [1.165, 1.54) is 5.52 Å². The van der Waals surface area contributed by atoms with Crippen molar-refractivity contribution < 1.29 is 0 Å². The van der Waals surface area contributed by atoms with Crippen molar-refractivity contribution in [3.8, 4) is 0 Å². The van der Waals surface area contributed by atoms with Crippen molar-refractivity contribution >= 4 is 21.4 Å². The standard InChI is InChI=1S/C10H11BrN2/c1-3-9-10-4-8(11)6-13(10)5-7(2)12-9/h4-6H,3H2,1-2H3. The monoisotopic (exact) mass is 238 g/mol. The molecule has 0 N–H and O–H groups in total. The van der Waals surface area contributed by atoms with Crippen LogP contribution >= 0.6 is 15.9 Å². The molecule has 0 aliphatic rings. The Labute approximate surface area is 85.7 Å². The molecule has 13 heavy (non-hydrogen) atoms.